The largest absolute Gasteiger partial charge is 0.383 e. The zero-order chi connectivity index (χ0) is 13.5. The molecule has 1 rings (SSSR count). The van der Waals surface area contributed by atoms with Crippen molar-refractivity contribution < 1.29 is 4.74 Å². The Hall–Kier alpha value is -0.920. The molecule has 0 aliphatic rings. The highest BCUT2D eigenvalue weighted by atomic mass is 79.9. The summed E-state index contributed by atoms with van der Waals surface area (Å²) >= 11 is 3.28. The number of hydrogen-bond donors (Lipinski definition) is 2. The lowest BCUT2D eigenvalue weighted by atomic mass is 10.2. The fourth-order valence-corrected chi connectivity index (χ4v) is 1.81. The van der Waals surface area contributed by atoms with Crippen molar-refractivity contribution in [2.45, 2.75) is 25.9 Å². The topological polar surface area (TPSA) is 82.2 Å². The molecule has 0 saturated carbocycles. The van der Waals surface area contributed by atoms with Crippen LogP contribution in [-0.4, -0.2) is 36.1 Å². The number of nitrogens with two attached hydrogens (primary N) is 1. The molecule has 1 aromatic heterocycles. The smallest absolute Gasteiger partial charge is 0.283 e. The predicted molar refractivity (Wildman–Crippen MR) is 74.8 cm³/mol. The number of ether oxygens (including phenoxy) is 1. The van der Waals surface area contributed by atoms with Gasteiger partial charge in [-0.2, -0.15) is 5.10 Å². The average molecular weight is 319 g/mol. The second-order valence-corrected chi connectivity index (χ2v) is 4.88. The summed E-state index contributed by atoms with van der Waals surface area (Å²) in [6.45, 7) is 3.54. The predicted octanol–water partition coefficient (Wildman–Crippen LogP) is 0.801. The van der Waals surface area contributed by atoms with Crippen molar-refractivity contribution in [3.63, 3.8) is 0 Å². The molecule has 1 heterocycles. The number of nitrogens with one attached hydrogen (secondary N) is 1. The van der Waals surface area contributed by atoms with Crippen molar-refractivity contribution in [3.8, 4) is 0 Å². The van der Waals surface area contributed by atoms with Gasteiger partial charge in [0.15, 0.2) is 0 Å². The summed E-state index contributed by atoms with van der Waals surface area (Å²) in [4.78, 5) is 11.9. The SMILES string of the molecule is COCCn1ncc(NCCC(C)N)c(Br)c1=O. The van der Waals surface area contributed by atoms with Gasteiger partial charge in [-0.25, -0.2) is 4.68 Å². The molecular formula is C11H19BrN4O2. The molecule has 1 aromatic rings. The molecule has 0 radical (unpaired) electrons. The minimum absolute atomic E-state index is 0.131. The molecule has 0 amide bonds. The molecule has 0 fully saturated rings. The Labute approximate surface area is 115 Å². The van der Waals surface area contributed by atoms with Crippen LogP contribution in [0.2, 0.25) is 0 Å². The molecule has 0 aromatic carbocycles. The fraction of sp³-hybridized carbons (Fsp3) is 0.636. The Morgan fingerprint density at radius 2 is 2.39 bits per heavy atom. The number of halogens is 1. The van der Waals surface area contributed by atoms with Gasteiger partial charge in [-0.05, 0) is 29.3 Å². The summed E-state index contributed by atoms with van der Waals surface area (Å²) in [5.41, 5.74) is 6.18. The van der Waals surface area contributed by atoms with Crippen LogP contribution in [0.3, 0.4) is 0 Å². The standard InChI is InChI=1S/C11H19BrN4O2/c1-8(13)3-4-14-9-7-15-16(5-6-18-2)11(17)10(9)12/h7-8,14H,3-6,13H2,1-2H3. The first-order chi connectivity index (χ1) is 8.56. The normalized spacial score (nSPS) is 12.4. The Kier molecular flexibility index (Phi) is 6.31. The quantitative estimate of drug-likeness (QED) is 0.777. The van der Waals surface area contributed by atoms with E-state index < -0.39 is 0 Å². The van der Waals surface area contributed by atoms with Gasteiger partial charge >= 0.3 is 0 Å². The van der Waals surface area contributed by atoms with Gasteiger partial charge in [0, 0.05) is 19.7 Å². The number of aromatic nitrogens is 2. The van der Waals surface area contributed by atoms with E-state index in [0.29, 0.717) is 29.9 Å². The lowest BCUT2D eigenvalue weighted by Gasteiger charge is -2.11. The highest BCUT2D eigenvalue weighted by Crippen LogP contribution is 2.15. The number of nitrogens with zero attached hydrogens (tertiary/aromatic N) is 2. The van der Waals surface area contributed by atoms with E-state index in [4.69, 9.17) is 10.5 Å². The van der Waals surface area contributed by atoms with Crippen LogP contribution < -0.4 is 16.6 Å². The minimum atomic E-state index is -0.169. The molecule has 0 spiro atoms. The second kappa shape index (κ2) is 7.50. The van der Waals surface area contributed by atoms with Crippen molar-refractivity contribution in [2.75, 3.05) is 25.6 Å². The van der Waals surface area contributed by atoms with Crippen molar-refractivity contribution in [1.82, 2.24) is 9.78 Å². The van der Waals surface area contributed by atoms with Crippen LogP contribution in [0.25, 0.3) is 0 Å². The maximum atomic E-state index is 11.9. The third-order valence-corrected chi connectivity index (χ3v) is 3.17. The van der Waals surface area contributed by atoms with Crippen molar-refractivity contribution >= 4 is 21.6 Å². The summed E-state index contributed by atoms with van der Waals surface area (Å²) in [6, 6.07) is 0.131. The molecule has 1 atom stereocenters. The number of anilines is 1. The molecule has 7 heteroatoms. The van der Waals surface area contributed by atoms with Gasteiger partial charge in [-0.15, -0.1) is 0 Å². The molecule has 0 aliphatic heterocycles. The van der Waals surface area contributed by atoms with Gasteiger partial charge in [-0.3, -0.25) is 4.79 Å². The molecule has 0 bridgehead atoms. The highest BCUT2D eigenvalue weighted by Gasteiger charge is 2.08. The molecule has 18 heavy (non-hydrogen) atoms. The molecule has 3 N–H and O–H groups in total. The van der Waals surface area contributed by atoms with Crippen LogP contribution in [-0.2, 0) is 11.3 Å². The Balaban J connectivity index is 2.71. The van der Waals surface area contributed by atoms with Gasteiger partial charge in [0.05, 0.1) is 25.0 Å². The maximum Gasteiger partial charge on any atom is 0.283 e. The molecule has 1 unspecified atom stereocenters. The Morgan fingerprint density at radius 3 is 3.00 bits per heavy atom. The molecule has 0 saturated heterocycles. The Bertz CT molecular complexity index is 434. The summed E-state index contributed by atoms with van der Waals surface area (Å²) in [5.74, 6) is 0. The van der Waals surface area contributed by atoms with E-state index in [-0.39, 0.29) is 11.6 Å². The van der Waals surface area contributed by atoms with Crippen LogP contribution in [0.1, 0.15) is 13.3 Å². The van der Waals surface area contributed by atoms with Gasteiger partial charge < -0.3 is 15.8 Å². The number of rotatable bonds is 7. The van der Waals surface area contributed by atoms with Crippen LogP contribution in [0.4, 0.5) is 5.69 Å². The van der Waals surface area contributed by atoms with E-state index in [1.54, 1.807) is 13.3 Å². The first-order valence-corrected chi connectivity index (χ1v) is 6.59. The summed E-state index contributed by atoms with van der Waals surface area (Å²) < 4.78 is 6.77. The van der Waals surface area contributed by atoms with Crippen LogP contribution in [0, 0.1) is 0 Å². The van der Waals surface area contributed by atoms with Gasteiger partial charge in [-0.1, -0.05) is 0 Å². The monoisotopic (exact) mass is 318 g/mol. The first-order valence-electron chi connectivity index (χ1n) is 5.80. The summed E-state index contributed by atoms with van der Waals surface area (Å²) in [5, 5.41) is 7.21. The Morgan fingerprint density at radius 1 is 1.67 bits per heavy atom. The maximum absolute atomic E-state index is 11.9. The van der Waals surface area contributed by atoms with Gasteiger partial charge in [0.2, 0.25) is 0 Å². The van der Waals surface area contributed by atoms with Crippen molar-refractivity contribution in [3.05, 3.63) is 21.0 Å². The fourth-order valence-electron chi connectivity index (χ4n) is 1.36. The van der Waals surface area contributed by atoms with Crippen molar-refractivity contribution in [2.24, 2.45) is 5.73 Å². The lowest BCUT2D eigenvalue weighted by molar-refractivity contribution is 0.181. The van der Waals surface area contributed by atoms with E-state index in [9.17, 15) is 4.79 Å². The first kappa shape index (κ1) is 15.1. The molecule has 0 aliphatic carbocycles. The van der Waals surface area contributed by atoms with E-state index in [1.807, 2.05) is 6.92 Å². The average Bonchev–Trinajstić information content (AvgIpc) is 2.33. The van der Waals surface area contributed by atoms with E-state index >= 15 is 0 Å². The summed E-state index contributed by atoms with van der Waals surface area (Å²) in [7, 11) is 1.59. The number of methoxy groups -OCH3 is 1. The molecular weight excluding hydrogens is 300 g/mol. The zero-order valence-corrected chi connectivity index (χ0v) is 12.2. The zero-order valence-electron chi connectivity index (χ0n) is 10.6. The van der Waals surface area contributed by atoms with E-state index in [1.165, 1.54) is 4.68 Å². The van der Waals surface area contributed by atoms with Crippen LogP contribution >= 0.6 is 15.9 Å². The van der Waals surface area contributed by atoms with Gasteiger partial charge in [0.25, 0.3) is 5.56 Å². The van der Waals surface area contributed by atoms with E-state index in [0.717, 1.165) is 6.42 Å². The van der Waals surface area contributed by atoms with Crippen LogP contribution in [0.15, 0.2) is 15.5 Å². The van der Waals surface area contributed by atoms with Gasteiger partial charge in [0.1, 0.15) is 4.47 Å². The van der Waals surface area contributed by atoms with E-state index in [2.05, 4.69) is 26.3 Å². The van der Waals surface area contributed by atoms with Crippen LogP contribution in [0.5, 0.6) is 0 Å². The summed E-state index contributed by atoms with van der Waals surface area (Å²) in [6.07, 6.45) is 2.46. The number of hydrogen-bond acceptors (Lipinski definition) is 5. The lowest BCUT2D eigenvalue weighted by Crippen LogP contribution is -2.27. The molecule has 6 nitrogen and oxygen atoms in total. The molecule has 102 valence electrons. The highest BCUT2D eigenvalue weighted by molar-refractivity contribution is 9.10. The van der Waals surface area contributed by atoms with Crippen molar-refractivity contribution in [1.29, 1.82) is 0 Å². The third-order valence-electron chi connectivity index (χ3n) is 2.41. The third kappa shape index (κ3) is 4.40. The second-order valence-electron chi connectivity index (χ2n) is 4.09. The minimum Gasteiger partial charge on any atom is -0.383 e.